The van der Waals surface area contributed by atoms with Gasteiger partial charge in [0.2, 0.25) is 0 Å². The molecule has 1 aliphatic rings. The number of amides is 1. The zero-order valence-corrected chi connectivity index (χ0v) is 12.2. The summed E-state index contributed by atoms with van der Waals surface area (Å²) in [7, 11) is 0. The second-order valence-electron chi connectivity index (χ2n) is 4.97. The zero-order chi connectivity index (χ0) is 13.8. The lowest BCUT2D eigenvalue weighted by molar-refractivity contribution is 0.0872. The Balaban J connectivity index is 2.05. The van der Waals surface area contributed by atoms with Gasteiger partial charge in [0.1, 0.15) is 5.75 Å². The Hall–Kier alpha value is -1.07. The topological polar surface area (TPSA) is 69.6 Å². The summed E-state index contributed by atoms with van der Waals surface area (Å²) in [6, 6.07) is 4.78. The van der Waals surface area contributed by atoms with Gasteiger partial charge in [-0.1, -0.05) is 12.8 Å². The first-order valence-electron chi connectivity index (χ1n) is 6.52. The highest BCUT2D eigenvalue weighted by Gasteiger charge is 2.26. The van der Waals surface area contributed by atoms with E-state index >= 15 is 0 Å². The first-order chi connectivity index (χ1) is 9.11. The van der Waals surface area contributed by atoms with Crippen LogP contribution in [0.5, 0.6) is 5.75 Å². The van der Waals surface area contributed by atoms with Gasteiger partial charge in [-0.2, -0.15) is 0 Å². The lowest BCUT2D eigenvalue weighted by atomic mass is 9.85. The summed E-state index contributed by atoms with van der Waals surface area (Å²) < 4.78 is 0.565. The highest BCUT2D eigenvalue weighted by atomic mass is 79.9. The minimum Gasteiger partial charge on any atom is -0.507 e. The molecule has 0 aliphatic heterocycles. The summed E-state index contributed by atoms with van der Waals surface area (Å²) in [5.74, 6) is -0.00935. The van der Waals surface area contributed by atoms with Crippen LogP contribution in [-0.4, -0.2) is 28.8 Å². The number of rotatable bonds is 3. The molecule has 104 valence electrons. The number of nitrogens with one attached hydrogen (secondary N) is 1. The van der Waals surface area contributed by atoms with Crippen LogP contribution < -0.4 is 5.32 Å². The fourth-order valence-corrected chi connectivity index (χ4v) is 2.77. The Labute approximate surface area is 121 Å². The van der Waals surface area contributed by atoms with Crippen molar-refractivity contribution in [3.63, 3.8) is 0 Å². The molecule has 4 nitrogen and oxygen atoms in total. The van der Waals surface area contributed by atoms with E-state index in [1.165, 1.54) is 6.07 Å². The quantitative estimate of drug-likeness (QED) is 0.798. The van der Waals surface area contributed by atoms with E-state index in [2.05, 4.69) is 21.2 Å². The molecule has 1 fully saturated rings. The number of aromatic hydroxyl groups is 1. The van der Waals surface area contributed by atoms with E-state index in [4.69, 9.17) is 0 Å². The smallest absolute Gasteiger partial charge is 0.251 e. The third-order valence-corrected chi connectivity index (χ3v) is 4.34. The Morgan fingerprint density at radius 1 is 1.37 bits per heavy atom. The minimum absolute atomic E-state index is 0.0250. The van der Waals surface area contributed by atoms with Crippen LogP contribution >= 0.6 is 15.9 Å². The molecule has 19 heavy (non-hydrogen) atoms. The lowest BCUT2D eigenvalue weighted by Crippen LogP contribution is -2.43. The summed E-state index contributed by atoms with van der Waals surface area (Å²) in [6.07, 6.45) is 4.04. The SMILES string of the molecule is O=C(NC1CCCCC1CO)c1ccc(Br)c(O)c1. The van der Waals surface area contributed by atoms with Gasteiger partial charge in [0.15, 0.2) is 0 Å². The zero-order valence-electron chi connectivity index (χ0n) is 10.6. The Morgan fingerprint density at radius 2 is 2.11 bits per heavy atom. The van der Waals surface area contributed by atoms with Crippen molar-refractivity contribution in [3.05, 3.63) is 28.2 Å². The molecule has 2 unspecified atom stereocenters. The van der Waals surface area contributed by atoms with Crippen molar-refractivity contribution in [2.75, 3.05) is 6.61 Å². The lowest BCUT2D eigenvalue weighted by Gasteiger charge is -2.30. The van der Waals surface area contributed by atoms with Gasteiger partial charge in [-0.15, -0.1) is 0 Å². The van der Waals surface area contributed by atoms with Crippen LogP contribution in [0.3, 0.4) is 0 Å². The number of phenolic OH excluding ortho intramolecular Hbond substituents is 1. The van der Waals surface area contributed by atoms with Crippen molar-refractivity contribution in [2.24, 2.45) is 5.92 Å². The molecule has 0 radical (unpaired) electrons. The molecule has 1 aromatic carbocycles. The van der Waals surface area contributed by atoms with Crippen LogP contribution in [0.1, 0.15) is 36.0 Å². The van der Waals surface area contributed by atoms with Gasteiger partial charge in [0.25, 0.3) is 5.91 Å². The van der Waals surface area contributed by atoms with Crippen molar-refractivity contribution in [1.29, 1.82) is 0 Å². The number of aliphatic hydroxyl groups is 1. The molecule has 1 aromatic rings. The molecule has 0 heterocycles. The van der Waals surface area contributed by atoms with E-state index in [0.717, 1.165) is 25.7 Å². The summed E-state index contributed by atoms with van der Waals surface area (Å²) in [6.45, 7) is 0.108. The van der Waals surface area contributed by atoms with E-state index in [-0.39, 0.29) is 30.2 Å². The third kappa shape index (κ3) is 3.48. The summed E-state index contributed by atoms with van der Waals surface area (Å²) >= 11 is 3.18. The number of benzene rings is 1. The van der Waals surface area contributed by atoms with Crippen molar-refractivity contribution < 1.29 is 15.0 Å². The maximum Gasteiger partial charge on any atom is 0.251 e. The average Bonchev–Trinajstić information content (AvgIpc) is 2.42. The molecule has 5 heteroatoms. The largest absolute Gasteiger partial charge is 0.507 e. The predicted octanol–water partition coefficient (Wildman–Crippen LogP) is 2.44. The highest BCUT2D eigenvalue weighted by molar-refractivity contribution is 9.10. The maximum atomic E-state index is 12.1. The summed E-state index contributed by atoms with van der Waals surface area (Å²) in [5, 5.41) is 21.9. The van der Waals surface area contributed by atoms with E-state index in [9.17, 15) is 15.0 Å². The molecule has 0 spiro atoms. The molecule has 2 atom stereocenters. The number of halogens is 1. The van der Waals surface area contributed by atoms with Crippen LogP contribution in [0.4, 0.5) is 0 Å². The normalized spacial score (nSPS) is 23.1. The second kappa shape index (κ2) is 6.39. The van der Waals surface area contributed by atoms with Crippen molar-refractivity contribution in [1.82, 2.24) is 5.32 Å². The number of phenols is 1. The molecule has 0 saturated heterocycles. The van der Waals surface area contributed by atoms with Gasteiger partial charge in [-0.25, -0.2) is 0 Å². The van der Waals surface area contributed by atoms with Gasteiger partial charge >= 0.3 is 0 Å². The van der Waals surface area contributed by atoms with E-state index in [1.54, 1.807) is 12.1 Å². The molecular formula is C14H18BrNO3. The summed E-state index contributed by atoms with van der Waals surface area (Å²) in [5.41, 5.74) is 0.433. The fraction of sp³-hybridized carbons (Fsp3) is 0.500. The standard InChI is InChI=1S/C14H18BrNO3/c15-11-6-5-9(7-13(11)18)14(19)16-12-4-2-1-3-10(12)8-17/h5-7,10,12,17-18H,1-4,8H2,(H,16,19). The van der Waals surface area contributed by atoms with Gasteiger partial charge in [0.05, 0.1) is 4.47 Å². The first kappa shape index (κ1) is 14.3. The number of carbonyl (C=O) groups is 1. The van der Waals surface area contributed by atoms with Crippen molar-refractivity contribution in [2.45, 2.75) is 31.7 Å². The Kier molecular flexibility index (Phi) is 4.82. The van der Waals surface area contributed by atoms with Gasteiger partial charge in [-0.05, 0) is 47.0 Å². The first-order valence-corrected chi connectivity index (χ1v) is 7.31. The molecule has 1 amide bonds. The van der Waals surface area contributed by atoms with Gasteiger partial charge < -0.3 is 15.5 Å². The van der Waals surface area contributed by atoms with E-state index < -0.39 is 0 Å². The molecule has 3 N–H and O–H groups in total. The highest BCUT2D eigenvalue weighted by Crippen LogP contribution is 2.26. The van der Waals surface area contributed by atoms with Crippen LogP contribution in [-0.2, 0) is 0 Å². The van der Waals surface area contributed by atoms with Gasteiger partial charge in [-0.3, -0.25) is 4.79 Å². The number of carbonyl (C=O) groups excluding carboxylic acids is 1. The molecule has 0 aromatic heterocycles. The number of hydrogen-bond donors (Lipinski definition) is 3. The Bertz CT molecular complexity index is 464. The van der Waals surface area contributed by atoms with Gasteiger partial charge in [0, 0.05) is 24.1 Å². The number of aliphatic hydroxyl groups excluding tert-OH is 1. The minimum atomic E-state index is -0.201. The van der Waals surface area contributed by atoms with E-state index in [0.29, 0.717) is 10.0 Å². The van der Waals surface area contributed by atoms with Crippen LogP contribution in [0.2, 0.25) is 0 Å². The van der Waals surface area contributed by atoms with Crippen molar-refractivity contribution >= 4 is 21.8 Å². The average molecular weight is 328 g/mol. The maximum absolute atomic E-state index is 12.1. The van der Waals surface area contributed by atoms with Crippen LogP contribution in [0.25, 0.3) is 0 Å². The molecule has 0 bridgehead atoms. The van der Waals surface area contributed by atoms with Crippen LogP contribution in [0.15, 0.2) is 22.7 Å². The molecule has 2 rings (SSSR count). The van der Waals surface area contributed by atoms with Crippen molar-refractivity contribution in [3.8, 4) is 5.75 Å². The number of hydrogen-bond acceptors (Lipinski definition) is 3. The van der Waals surface area contributed by atoms with E-state index in [1.807, 2.05) is 0 Å². The molecule has 1 aliphatic carbocycles. The molecule has 1 saturated carbocycles. The fourth-order valence-electron chi connectivity index (χ4n) is 2.52. The summed E-state index contributed by atoms with van der Waals surface area (Å²) in [4.78, 5) is 12.1. The Morgan fingerprint density at radius 3 is 2.79 bits per heavy atom. The second-order valence-corrected chi connectivity index (χ2v) is 5.83. The monoisotopic (exact) mass is 327 g/mol. The molecular weight excluding hydrogens is 310 g/mol. The van der Waals surface area contributed by atoms with Crippen LogP contribution in [0, 0.1) is 5.92 Å². The third-order valence-electron chi connectivity index (χ3n) is 3.67. The predicted molar refractivity (Wildman–Crippen MR) is 76.1 cm³/mol.